The van der Waals surface area contributed by atoms with E-state index in [1.54, 1.807) is 19.1 Å². The number of aromatic hydroxyl groups is 1. The van der Waals surface area contributed by atoms with E-state index >= 15 is 0 Å². The average Bonchev–Trinajstić information content (AvgIpc) is 3.09. The normalized spacial score (nSPS) is 15.1. The zero-order chi connectivity index (χ0) is 21.8. The molecule has 1 aliphatic heterocycles. The predicted octanol–water partition coefficient (Wildman–Crippen LogP) is 3.15. The van der Waals surface area contributed by atoms with Crippen molar-refractivity contribution in [2.24, 2.45) is 0 Å². The zero-order valence-electron chi connectivity index (χ0n) is 17.6. The molecular weight excluding hydrogens is 392 g/mol. The van der Waals surface area contributed by atoms with Crippen LogP contribution in [0.4, 0.5) is 0 Å². The van der Waals surface area contributed by atoms with Gasteiger partial charge in [0.15, 0.2) is 0 Å². The Morgan fingerprint density at radius 2 is 1.81 bits per heavy atom. The lowest BCUT2D eigenvalue weighted by atomic mass is 10.1. The number of aromatic nitrogens is 1. The first-order valence-corrected chi connectivity index (χ1v) is 10.5. The van der Waals surface area contributed by atoms with E-state index in [1.807, 2.05) is 36.4 Å². The molecule has 1 fully saturated rings. The lowest BCUT2D eigenvalue weighted by molar-refractivity contribution is 0.0525. The Morgan fingerprint density at radius 1 is 1.10 bits per heavy atom. The maximum absolute atomic E-state index is 13.0. The summed E-state index contributed by atoms with van der Waals surface area (Å²) in [6, 6.07) is 17.2. The number of ether oxygens (including phenoxy) is 1. The number of para-hydroxylation sites is 1. The van der Waals surface area contributed by atoms with E-state index in [1.165, 1.54) is 0 Å². The fourth-order valence-electron chi connectivity index (χ4n) is 4.20. The Balaban J connectivity index is 1.82. The van der Waals surface area contributed by atoms with Crippen molar-refractivity contribution in [3.8, 4) is 17.5 Å². The van der Waals surface area contributed by atoms with E-state index in [4.69, 9.17) is 10.00 Å². The number of hydrogen-bond acceptors (Lipinski definition) is 6. The third kappa shape index (κ3) is 4.26. The second kappa shape index (κ2) is 9.21. The van der Waals surface area contributed by atoms with Crippen molar-refractivity contribution < 1.29 is 14.6 Å². The number of fused-ring (bicyclic) bond motifs is 1. The predicted molar refractivity (Wildman–Crippen MR) is 118 cm³/mol. The van der Waals surface area contributed by atoms with Gasteiger partial charge in [-0.1, -0.05) is 18.2 Å². The van der Waals surface area contributed by atoms with Gasteiger partial charge in [0.05, 0.1) is 36.0 Å². The Labute approximate surface area is 181 Å². The largest absolute Gasteiger partial charge is 0.508 e. The van der Waals surface area contributed by atoms with Crippen molar-refractivity contribution in [2.75, 3.05) is 39.3 Å². The molecule has 2 heterocycles. The highest BCUT2D eigenvalue weighted by molar-refractivity contribution is 6.07. The number of nitrogens with zero attached hydrogens (tertiary/aromatic N) is 4. The van der Waals surface area contributed by atoms with Gasteiger partial charge in [-0.15, -0.1) is 0 Å². The van der Waals surface area contributed by atoms with E-state index in [2.05, 4.69) is 20.4 Å². The highest BCUT2D eigenvalue weighted by Crippen LogP contribution is 2.33. The molecule has 0 radical (unpaired) electrons. The van der Waals surface area contributed by atoms with Crippen LogP contribution in [-0.4, -0.2) is 64.8 Å². The van der Waals surface area contributed by atoms with Gasteiger partial charge >= 0.3 is 5.97 Å². The summed E-state index contributed by atoms with van der Waals surface area (Å²) < 4.78 is 7.49. The number of hydrogen-bond donors (Lipinski definition) is 1. The van der Waals surface area contributed by atoms with Gasteiger partial charge in [0.2, 0.25) is 0 Å². The van der Waals surface area contributed by atoms with E-state index in [-0.39, 0.29) is 18.3 Å². The van der Waals surface area contributed by atoms with Crippen molar-refractivity contribution in [2.45, 2.75) is 13.5 Å². The van der Waals surface area contributed by atoms with E-state index in [0.717, 1.165) is 43.1 Å². The summed E-state index contributed by atoms with van der Waals surface area (Å²) in [6.45, 7) is 6.33. The van der Waals surface area contributed by atoms with E-state index in [0.29, 0.717) is 24.0 Å². The first-order chi connectivity index (χ1) is 15.1. The molecule has 0 spiro atoms. The summed E-state index contributed by atoms with van der Waals surface area (Å²) in [5.41, 5.74) is 3.15. The van der Waals surface area contributed by atoms with Crippen LogP contribution in [0.15, 0.2) is 48.5 Å². The fraction of sp³-hybridized carbons (Fsp3) is 0.333. The molecule has 160 valence electrons. The van der Waals surface area contributed by atoms with Crippen molar-refractivity contribution in [1.82, 2.24) is 14.4 Å². The third-order valence-electron chi connectivity index (χ3n) is 5.68. The van der Waals surface area contributed by atoms with Gasteiger partial charge < -0.3 is 14.4 Å². The van der Waals surface area contributed by atoms with Crippen LogP contribution in [0.1, 0.15) is 23.0 Å². The summed E-state index contributed by atoms with van der Waals surface area (Å²) in [5.74, 6) is -0.272. The number of esters is 1. The van der Waals surface area contributed by atoms with Crippen molar-refractivity contribution >= 4 is 16.9 Å². The lowest BCUT2D eigenvalue weighted by Crippen LogP contribution is -2.46. The van der Waals surface area contributed by atoms with Crippen LogP contribution in [0, 0.1) is 11.3 Å². The van der Waals surface area contributed by atoms with Crippen molar-refractivity contribution in [1.29, 1.82) is 5.26 Å². The first-order valence-electron chi connectivity index (χ1n) is 10.5. The van der Waals surface area contributed by atoms with Crippen LogP contribution < -0.4 is 0 Å². The number of carbonyl (C=O) groups is 1. The molecule has 1 aliphatic rings. The molecule has 0 unspecified atom stereocenters. The molecule has 7 nitrogen and oxygen atoms in total. The molecule has 3 aromatic rings. The summed E-state index contributed by atoms with van der Waals surface area (Å²) in [5, 5.41) is 19.8. The molecule has 1 aromatic heterocycles. The second-order valence-electron chi connectivity index (χ2n) is 7.62. The minimum Gasteiger partial charge on any atom is -0.508 e. The van der Waals surface area contributed by atoms with Crippen molar-refractivity contribution in [3.05, 3.63) is 59.8 Å². The summed E-state index contributed by atoms with van der Waals surface area (Å²) in [6.07, 6.45) is 0. The van der Waals surface area contributed by atoms with Crippen molar-refractivity contribution in [3.63, 3.8) is 0 Å². The third-order valence-corrected chi connectivity index (χ3v) is 5.68. The van der Waals surface area contributed by atoms with E-state index < -0.39 is 0 Å². The summed E-state index contributed by atoms with van der Waals surface area (Å²) in [4.78, 5) is 17.5. The van der Waals surface area contributed by atoms with Crippen LogP contribution in [0.5, 0.6) is 5.75 Å². The molecule has 0 bridgehead atoms. The Bertz CT molecular complexity index is 1110. The second-order valence-corrected chi connectivity index (χ2v) is 7.62. The summed E-state index contributed by atoms with van der Waals surface area (Å²) in [7, 11) is 0. The number of carbonyl (C=O) groups excluding carboxylic acids is 1. The highest BCUT2D eigenvalue weighted by atomic mass is 16.5. The van der Waals surface area contributed by atoms with Crippen LogP contribution in [0.3, 0.4) is 0 Å². The number of piperazine rings is 1. The molecule has 0 atom stereocenters. The zero-order valence-corrected chi connectivity index (χ0v) is 17.6. The lowest BCUT2D eigenvalue weighted by Gasteiger charge is -2.33. The monoisotopic (exact) mass is 418 g/mol. The minimum absolute atomic E-state index is 0.111. The first kappa shape index (κ1) is 20.9. The molecule has 1 saturated heterocycles. The molecule has 31 heavy (non-hydrogen) atoms. The van der Waals surface area contributed by atoms with Gasteiger partial charge in [-0.2, -0.15) is 5.26 Å². The molecule has 1 N–H and O–H groups in total. The number of nitriles is 1. The highest BCUT2D eigenvalue weighted by Gasteiger charge is 2.27. The smallest absolute Gasteiger partial charge is 0.340 e. The van der Waals surface area contributed by atoms with Crippen LogP contribution in [0.25, 0.3) is 16.6 Å². The molecule has 7 heteroatoms. The number of rotatable bonds is 6. The summed E-state index contributed by atoms with van der Waals surface area (Å²) >= 11 is 0. The van der Waals surface area contributed by atoms with Gasteiger partial charge in [-0.3, -0.25) is 9.80 Å². The van der Waals surface area contributed by atoms with E-state index in [9.17, 15) is 9.90 Å². The molecule has 4 rings (SSSR count). The number of phenols is 1. The topological polar surface area (TPSA) is 81.7 Å². The molecule has 0 saturated carbocycles. The Morgan fingerprint density at radius 3 is 2.48 bits per heavy atom. The average molecular weight is 418 g/mol. The Kier molecular flexibility index (Phi) is 6.21. The van der Waals surface area contributed by atoms with Gasteiger partial charge in [0, 0.05) is 43.8 Å². The Hall–Kier alpha value is -3.34. The maximum Gasteiger partial charge on any atom is 0.340 e. The molecule has 2 aromatic carbocycles. The minimum atomic E-state index is -0.383. The standard InChI is InChI=1S/C24H26N4O3/c1-2-31-24(30)23-20-16-19(29)8-9-21(20)28(18-6-4-3-5-7-18)22(23)17-27-14-12-26(11-10-25)13-15-27/h3-9,16,29H,2,11-15,17H2,1H3. The molecule has 0 aliphatic carbocycles. The van der Waals surface area contributed by atoms with Gasteiger partial charge in [0.1, 0.15) is 5.75 Å². The quantitative estimate of drug-likeness (QED) is 0.489. The number of benzene rings is 2. The van der Waals surface area contributed by atoms with Gasteiger partial charge in [-0.05, 0) is 37.3 Å². The SMILES string of the molecule is CCOC(=O)c1c(CN2CCN(CC#N)CC2)n(-c2ccccc2)c2ccc(O)cc12. The van der Waals surface area contributed by atoms with Crippen LogP contribution in [0.2, 0.25) is 0 Å². The number of phenolic OH excluding ortho intramolecular Hbond substituents is 1. The molecule has 0 amide bonds. The van der Waals surface area contributed by atoms with Crippen LogP contribution in [-0.2, 0) is 11.3 Å². The van der Waals surface area contributed by atoms with Gasteiger partial charge in [-0.25, -0.2) is 4.79 Å². The van der Waals surface area contributed by atoms with Gasteiger partial charge in [0.25, 0.3) is 0 Å². The molecular formula is C24H26N4O3. The maximum atomic E-state index is 13.0. The van der Waals surface area contributed by atoms with Crippen LogP contribution >= 0.6 is 0 Å². The fourth-order valence-corrected chi connectivity index (χ4v) is 4.20.